The van der Waals surface area contributed by atoms with E-state index < -0.39 is 0 Å². The summed E-state index contributed by atoms with van der Waals surface area (Å²) in [5.41, 5.74) is 8.63. The van der Waals surface area contributed by atoms with Crippen molar-refractivity contribution in [2.45, 2.75) is 41.0 Å². The molecule has 1 fully saturated rings. The Morgan fingerprint density at radius 2 is 1.53 bits per heavy atom. The molecule has 4 heteroatoms. The van der Waals surface area contributed by atoms with Gasteiger partial charge < -0.3 is 0 Å². The van der Waals surface area contributed by atoms with Crippen molar-refractivity contribution in [3.8, 4) is 0 Å². The smallest absolute Gasteiger partial charge is 0.268 e. The van der Waals surface area contributed by atoms with Crippen molar-refractivity contribution in [1.82, 2.24) is 0 Å². The second-order valence-corrected chi connectivity index (χ2v) is 9.19. The lowest BCUT2D eigenvalue weighted by atomic mass is 10.1. The molecule has 0 aliphatic carbocycles. The molecule has 0 spiro atoms. The number of carbonyl (C=O) groups excluding carboxylic acids is 1. The highest BCUT2D eigenvalue weighted by Crippen LogP contribution is 2.39. The molecule has 0 aromatic heterocycles. The number of aryl methyl sites for hydroxylation is 3. The van der Waals surface area contributed by atoms with E-state index in [0.717, 1.165) is 40.0 Å². The van der Waals surface area contributed by atoms with Crippen molar-refractivity contribution < 1.29 is 4.79 Å². The number of rotatable bonds is 4. The van der Waals surface area contributed by atoms with Crippen LogP contribution in [-0.2, 0) is 11.2 Å². The summed E-state index contributed by atoms with van der Waals surface area (Å²) >= 11 is 1.44. The van der Waals surface area contributed by atoms with E-state index >= 15 is 0 Å². The van der Waals surface area contributed by atoms with Crippen molar-refractivity contribution in [3.63, 3.8) is 0 Å². The van der Waals surface area contributed by atoms with E-state index in [1.807, 2.05) is 30.3 Å². The Kier molecular flexibility index (Phi) is 6.33. The van der Waals surface area contributed by atoms with E-state index in [-0.39, 0.29) is 5.91 Å². The molecule has 1 aliphatic rings. The van der Waals surface area contributed by atoms with Crippen molar-refractivity contribution in [2.75, 3.05) is 4.90 Å². The molecule has 4 rings (SSSR count). The average molecular weight is 441 g/mol. The number of amides is 1. The van der Waals surface area contributed by atoms with Crippen LogP contribution >= 0.6 is 11.8 Å². The molecular weight excluding hydrogens is 412 g/mol. The Morgan fingerprint density at radius 3 is 2.22 bits per heavy atom. The highest BCUT2D eigenvalue weighted by molar-refractivity contribution is 8.19. The highest BCUT2D eigenvalue weighted by Gasteiger charge is 2.35. The van der Waals surface area contributed by atoms with Gasteiger partial charge in [0.2, 0.25) is 0 Å². The topological polar surface area (TPSA) is 32.7 Å². The molecule has 3 aromatic carbocycles. The molecule has 3 nitrogen and oxygen atoms in total. The van der Waals surface area contributed by atoms with Gasteiger partial charge in [0.1, 0.15) is 0 Å². The summed E-state index contributed by atoms with van der Waals surface area (Å²) in [6.07, 6.45) is 2.97. The second-order valence-electron chi connectivity index (χ2n) is 8.18. The molecule has 1 amide bonds. The first-order valence-corrected chi connectivity index (χ1v) is 11.7. The van der Waals surface area contributed by atoms with Crippen molar-refractivity contribution in [2.24, 2.45) is 4.99 Å². The molecule has 0 radical (unpaired) electrons. The van der Waals surface area contributed by atoms with E-state index in [1.54, 1.807) is 4.90 Å². The standard InChI is InChI=1S/C28H28N2OS/c1-6-22-13-15-23(16-14-22)17-26-27(31)30(25-12-8-10-19(3)21(25)5)28(32-26)29-24-11-7-9-18(2)20(24)4/h7-17H,6H2,1-5H3/b26-17-,29-28?. The van der Waals surface area contributed by atoms with Gasteiger partial charge in [0.05, 0.1) is 16.3 Å². The molecular formula is C28H28N2OS. The number of hydrogen-bond acceptors (Lipinski definition) is 3. The third kappa shape index (κ3) is 4.28. The number of hydrogen-bond donors (Lipinski definition) is 0. The summed E-state index contributed by atoms with van der Waals surface area (Å²) in [5.74, 6) is -0.0349. The SMILES string of the molecule is CCc1ccc(/C=C2\SC(=Nc3cccc(C)c3C)N(c3cccc(C)c3C)C2=O)cc1. The van der Waals surface area contributed by atoms with Gasteiger partial charge in [-0.1, -0.05) is 55.5 Å². The monoisotopic (exact) mass is 440 g/mol. The predicted molar refractivity (Wildman–Crippen MR) is 138 cm³/mol. The van der Waals surface area contributed by atoms with E-state index in [1.165, 1.54) is 22.9 Å². The Labute approximate surface area is 194 Å². The number of anilines is 1. The number of thioether (sulfide) groups is 1. The molecule has 0 saturated carbocycles. The van der Waals surface area contributed by atoms with E-state index in [9.17, 15) is 4.79 Å². The van der Waals surface area contributed by atoms with E-state index in [0.29, 0.717) is 10.1 Å². The minimum absolute atomic E-state index is 0.0349. The first kappa shape index (κ1) is 22.1. The molecule has 0 atom stereocenters. The van der Waals surface area contributed by atoms with Crippen LogP contribution in [0.25, 0.3) is 6.08 Å². The van der Waals surface area contributed by atoms with Crippen LogP contribution in [-0.4, -0.2) is 11.1 Å². The number of carbonyl (C=O) groups is 1. The zero-order valence-electron chi connectivity index (χ0n) is 19.3. The van der Waals surface area contributed by atoms with Crippen molar-refractivity contribution in [3.05, 3.63) is 98.9 Å². The van der Waals surface area contributed by atoms with Gasteiger partial charge >= 0.3 is 0 Å². The second kappa shape index (κ2) is 9.17. The minimum Gasteiger partial charge on any atom is -0.268 e. The number of benzene rings is 3. The van der Waals surface area contributed by atoms with Crippen LogP contribution in [0.15, 0.2) is 70.6 Å². The number of amidine groups is 1. The summed E-state index contributed by atoms with van der Waals surface area (Å²) in [5, 5.41) is 0.689. The van der Waals surface area contributed by atoms with Gasteiger partial charge in [-0.05, 0) is 97.5 Å². The van der Waals surface area contributed by atoms with Crippen molar-refractivity contribution in [1.29, 1.82) is 0 Å². The molecule has 0 unspecified atom stereocenters. The van der Waals surface area contributed by atoms with Gasteiger partial charge in [-0.25, -0.2) is 4.99 Å². The first-order chi connectivity index (χ1) is 15.4. The van der Waals surface area contributed by atoms with Crippen LogP contribution in [0.3, 0.4) is 0 Å². The minimum atomic E-state index is -0.0349. The maximum Gasteiger partial charge on any atom is 0.271 e. The molecule has 0 N–H and O–H groups in total. The van der Waals surface area contributed by atoms with Gasteiger partial charge in [0, 0.05) is 0 Å². The fourth-order valence-corrected chi connectivity index (χ4v) is 4.69. The lowest BCUT2D eigenvalue weighted by Crippen LogP contribution is -2.29. The fourth-order valence-electron chi connectivity index (χ4n) is 3.70. The van der Waals surface area contributed by atoms with Crippen LogP contribution in [0, 0.1) is 27.7 Å². The van der Waals surface area contributed by atoms with Gasteiger partial charge in [0.25, 0.3) is 5.91 Å². The maximum atomic E-state index is 13.6. The third-order valence-corrected chi connectivity index (χ3v) is 7.07. The Morgan fingerprint density at radius 1 is 0.875 bits per heavy atom. The molecule has 1 saturated heterocycles. The van der Waals surface area contributed by atoms with Crippen LogP contribution in [0.5, 0.6) is 0 Å². The summed E-state index contributed by atoms with van der Waals surface area (Å²) in [4.78, 5) is 21.0. The Hall–Kier alpha value is -3.11. The molecule has 1 aliphatic heterocycles. The number of aliphatic imine (C=N–C) groups is 1. The Bertz CT molecular complexity index is 1240. The molecule has 3 aromatic rings. The lowest BCUT2D eigenvalue weighted by molar-refractivity contribution is -0.113. The molecule has 162 valence electrons. The molecule has 1 heterocycles. The first-order valence-electron chi connectivity index (χ1n) is 10.9. The predicted octanol–water partition coefficient (Wildman–Crippen LogP) is 7.29. The van der Waals surface area contributed by atoms with Gasteiger partial charge in [-0.3, -0.25) is 9.69 Å². The van der Waals surface area contributed by atoms with E-state index in [4.69, 9.17) is 4.99 Å². The van der Waals surface area contributed by atoms with Crippen LogP contribution < -0.4 is 4.90 Å². The lowest BCUT2D eigenvalue weighted by Gasteiger charge is -2.19. The largest absolute Gasteiger partial charge is 0.271 e. The zero-order chi connectivity index (χ0) is 22.8. The summed E-state index contributed by atoms with van der Waals surface area (Å²) in [6.45, 7) is 10.4. The van der Waals surface area contributed by atoms with Crippen LogP contribution in [0.4, 0.5) is 11.4 Å². The normalized spacial score (nSPS) is 16.4. The van der Waals surface area contributed by atoms with Gasteiger partial charge in [0.15, 0.2) is 5.17 Å². The van der Waals surface area contributed by atoms with Crippen molar-refractivity contribution >= 4 is 40.3 Å². The average Bonchev–Trinajstić information content (AvgIpc) is 3.08. The quantitative estimate of drug-likeness (QED) is 0.399. The fraction of sp³-hybridized carbons (Fsp3) is 0.214. The zero-order valence-corrected chi connectivity index (χ0v) is 20.1. The maximum absolute atomic E-state index is 13.6. The summed E-state index contributed by atoms with van der Waals surface area (Å²) in [6, 6.07) is 20.5. The highest BCUT2D eigenvalue weighted by atomic mass is 32.2. The van der Waals surface area contributed by atoms with Gasteiger partial charge in [-0.2, -0.15) is 0 Å². The van der Waals surface area contributed by atoms with Crippen LogP contribution in [0.2, 0.25) is 0 Å². The Balaban J connectivity index is 1.82. The van der Waals surface area contributed by atoms with Crippen LogP contribution in [0.1, 0.15) is 40.3 Å². The molecule has 32 heavy (non-hydrogen) atoms. The molecule has 0 bridgehead atoms. The summed E-state index contributed by atoms with van der Waals surface area (Å²) < 4.78 is 0. The van der Waals surface area contributed by atoms with Gasteiger partial charge in [-0.15, -0.1) is 0 Å². The van der Waals surface area contributed by atoms with E-state index in [2.05, 4.69) is 71.0 Å². The number of nitrogens with zero attached hydrogens (tertiary/aromatic N) is 2. The summed E-state index contributed by atoms with van der Waals surface area (Å²) in [7, 11) is 0. The third-order valence-electron chi connectivity index (χ3n) is 6.10.